The van der Waals surface area contributed by atoms with Crippen molar-refractivity contribution in [3.05, 3.63) is 50.4 Å². The van der Waals surface area contributed by atoms with Gasteiger partial charge in [0, 0.05) is 31.3 Å². The second kappa shape index (κ2) is 9.42. The molecule has 1 aromatic carbocycles. The molecule has 166 valence electrons. The first-order valence-electron chi connectivity index (χ1n) is 9.54. The number of alkyl halides is 2. The number of carbonyl (C=O) groups is 1. The molecule has 2 aromatic heterocycles. The number of halogens is 2. The predicted octanol–water partition coefficient (Wildman–Crippen LogP) is 3.80. The minimum Gasteiger partial charge on any atom is -0.493 e. The first-order valence-corrected chi connectivity index (χ1v) is 10.4. The van der Waals surface area contributed by atoms with Gasteiger partial charge in [0.15, 0.2) is 11.5 Å². The molecule has 1 N–H and O–H groups in total. The molecule has 0 saturated carbocycles. The highest BCUT2D eigenvalue weighted by Gasteiger charge is 2.16. The Labute approximate surface area is 181 Å². The zero-order valence-electron chi connectivity index (χ0n) is 17.6. The average molecular weight is 451 g/mol. The number of aromatic amines is 1. The van der Waals surface area contributed by atoms with Crippen LogP contribution in [0.4, 0.5) is 8.78 Å². The monoisotopic (exact) mass is 451 g/mol. The largest absolute Gasteiger partial charge is 0.493 e. The van der Waals surface area contributed by atoms with E-state index in [-0.39, 0.29) is 42.4 Å². The van der Waals surface area contributed by atoms with Crippen molar-refractivity contribution in [3.63, 3.8) is 0 Å². The number of ether oxygens (including phenoxy) is 2. The molecule has 0 aliphatic carbocycles. The molecule has 10 heteroatoms. The fourth-order valence-electron chi connectivity index (χ4n) is 3.20. The van der Waals surface area contributed by atoms with E-state index in [2.05, 4.69) is 14.7 Å². The van der Waals surface area contributed by atoms with Crippen LogP contribution in [0, 0.1) is 13.8 Å². The maximum absolute atomic E-state index is 12.6. The average Bonchev–Trinajstić information content (AvgIpc) is 2.99. The predicted molar refractivity (Wildman–Crippen MR) is 114 cm³/mol. The smallest absolute Gasteiger partial charge is 0.387 e. The summed E-state index contributed by atoms with van der Waals surface area (Å²) >= 11 is 1.46. The molecular formula is C21H23F2N3O4S. The Morgan fingerprint density at radius 3 is 2.71 bits per heavy atom. The molecular weight excluding hydrogens is 428 g/mol. The molecule has 1 amide bonds. The Morgan fingerprint density at radius 2 is 2.03 bits per heavy atom. The van der Waals surface area contributed by atoms with Crippen molar-refractivity contribution in [2.45, 2.75) is 39.8 Å². The van der Waals surface area contributed by atoms with Gasteiger partial charge in [0.25, 0.3) is 5.56 Å². The molecule has 0 aliphatic heterocycles. The third kappa shape index (κ3) is 5.19. The van der Waals surface area contributed by atoms with Crippen molar-refractivity contribution in [2.75, 3.05) is 14.2 Å². The molecule has 0 fully saturated rings. The summed E-state index contributed by atoms with van der Waals surface area (Å²) in [6, 6.07) is 4.61. The van der Waals surface area contributed by atoms with Crippen molar-refractivity contribution < 1.29 is 23.0 Å². The lowest BCUT2D eigenvalue weighted by Gasteiger charge is -2.18. The zero-order chi connectivity index (χ0) is 22.7. The highest BCUT2D eigenvalue weighted by molar-refractivity contribution is 7.18. The van der Waals surface area contributed by atoms with Crippen LogP contribution in [0.15, 0.2) is 23.0 Å². The van der Waals surface area contributed by atoms with Gasteiger partial charge in [-0.2, -0.15) is 8.78 Å². The summed E-state index contributed by atoms with van der Waals surface area (Å²) in [4.78, 5) is 35.3. The number of aryl methyl sites for hydroxylation is 3. The first kappa shape index (κ1) is 22.7. The van der Waals surface area contributed by atoms with Crippen molar-refractivity contribution >= 4 is 27.5 Å². The van der Waals surface area contributed by atoms with Gasteiger partial charge in [-0.3, -0.25) is 9.59 Å². The zero-order valence-corrected chi connectivity index (χ0v) is 18.4. The fourth-order valence-corrected chi connectivity index (χ4v) is 4.25. The Balaban J connectivity index is 1.66. The number of benzene rings is 1. The quantitative estimate of drug-likeness (QED) is 0.563. The summed E-state index contributed by atoms with van der Waals surface area (Å²) < 4.78 is 34.7. The molecule has 0 bridgehead atoms. The van der Waals surface area contributed by atoms with E-state index in [4.69, 9.17) is 4.74 Å². The Hall–Kier alpha value is -3.01. The minimum absolute atomic E-state index is 0.0903. The summed E-state index contributed by atoms with van der Waals surface area (Å²) in [5, 5.41) is 0.594. The minimum atomic E-state index is -2.98. The van der Waals surface area contributed by atoms with Gasteiger partial charge in [-0.05, 0) is 37.1 Å². The lowest BCUT2D eigenvalue weighted by Crippen LogP contribution is -2.27. The van der Waals surface area contributed by atoms with E-state index >= 15 is 0 Å². The molecule has 0 atom stereocenters. The van der Waals surface area contributed by atoms with Crippen LogP contribution in [-0.4, -0.2) is 41.5 Å². The molecule has 2 heterocycles. The summed E-state index contributed by atoms with van der Waals surface area (Å²) in [6.07, 6.45) is 0.428. The van der Waals surface area contributed by atoms with Crippen molar-refractivity contribution in [1.82, 2.24) is 14.9 Å². The molecule has 3 rings (SSSR count). The highest BCUT2D eigenvalue weighted by atomic mass is 32.1. The second-order valence-electron chi connectivity index (χ2n) is 7.09. The number of aromatic nitrogens is 2. The molecule has 0 spiro atoms. The second-order valence-corrected chi connectivity index (χ2v) is 8.29. The van der Waals surface area contributed by atoms with Crippen LogP contribution in [-0.2, 0) is 17.8 Å². The van der Waals surface area contributed by atoms with E-state index in [1.165, 1.54) is 35.5 Å². The summed E-state index contributed by atoms with van der Waals surface area (Å²) in [5.41, 5.74) is 1.34. The van der Waals surface area contributed by atoms with Crippen LogP contribution in [0.1, 0.15) is 28.2 Å². The molecule has 31 heavy (non-hydrogen) atoms. The van der Waals surface area contributed by atoms with Gasteiger partial charge in [-0.15, -0.1) is 11.3 Å². The lowest BCUT2D eigenvalue weighted by atomic mass is 10.1. The van der Waals surface area contributed by atoms with Crippen LogP contribution in [0.3, 0.4) is 0 Å². The fraction of sp³-hybridized carbons (Fsp3) is 0.381. The molecule has 0 aliphatic rings. The van der Waals surface area contributed by atoms with Gasteiger partial charge in [0.05, 0.1) is 12.5 Å². The van der Waals surface area contributed by atoms with Gasteiger partial charge in [0.2, 0.25) is 5.91 Å². The van der Waals surface area contributed by atoms with Crippen LogP contribution >= 0.6 is 11.3 Å². The third-order valence-corrected chi connectivity index (χ3v) is 6.05. The van der Waals surface area contributed by atoms with Crippen molar-refractivity contribution in [1.29, 1.82) is 0 Å². The third-order valence-electron chi connectivity index (χ3n) is 4.95. The number of thiophene rings is 1. The van der Waals surface area contributed by atoms with Crippen LogP contribution in [0.2, 0.25) is 0 Å². The van der Waals surface area contributed by atoms with Crippen LogP contribution in [0.25, 0.3) is 10.2 Å². The maximum atomic E-state index is 12.6. The standard InChI is InChI=1S/C21H23F2N3O4S/c1-11-12(2)31-20-18(11)19(28)24-16(25-20)7-8-17(27)26(3)10-13-5-6-14(29-4)15(9-13)30-21(22)23/h5-6,9,21H,7-8,10H2,1-4H3,(H,24,25,28). The number of rotatable bonds is 8. The number of carbonyl (C=O) groups excluding carboxylic acids is 1. The maximum Gasteiger partial charge on any atom is 0.387 e. The van der Waals surface area contributed by atoms with Crippen LogP contribution in [0.5, 0.6) is 11.5 Å². The molecule has 3 aromatic rings. The van der Waals surface area contributed by atoms with Crippen molar-refractivity contribution in [3.8, 4) is 11.5 Å². The number of fused-ring (bicyclic) bond motifs is 1. The number of H-pyrrole nitrogens is 1. The Kier molecular flexibility index (Phi) is 6.89. The summed E-state index contributed by atoms with van der Waals surface area (Å²) in [5.74, 6) is 0.376. The first-order chi connectivity index (χ1) is 14.7. The lowest BCUT2D eigenvalue weighted by molar-refractivity contribution is -0.130. The number of hydrogen-bond donors (Lipinski definition) is 1. The van der Waals surface area contributed by atoms with E-state index in [0.717, 1.165) is 10.4 Å². The summed E-state index contributed by atoms with van der Waals surface area (Å²) in [7, 11) is 2.98. The van der Waals surface area contributed by atoms with E-state index in [9.17, 15) is 18.4 Å². The molecule has 0 saturated heterocycles. The SMILES string of the molecule is COc1ccc(CN(C)C(=O)CCc2nc3sc(C)c(C)c3c(=O)[nH]2)cc1OC(F)F. The van der Waals surface area contributed by atoms with E-state index in [1.807, 2.05) is 13.8 Å². The van der Waals surface area contributed by atoms with E-state index < -0.39 is 6.61 Å². The number of nitrogens with zero attached hydrogens (tertiary/aromatic N) is 2. The van der Waals surface area contributed by atoms with E-state index in [0.29, 0.717) is 21.6 Å². The molecule has 0 radical (unpaired) electrons. The molecule has 0 unspecified atom stereocenters. The van der Waals surface area contributed by atoms with Gasteiger partial charge < -0.3 is 19.4 Å². The molecule has 7 nitrogen and oxygen atoms in total. The number of methoxy groups -OCH3 is 1. The Bertz CT molecular complexity index is 1160. The summed E-state index contributed by atoms with van der Waals surface area (Å²) in [6.45, 7) is 1.05. The van der Waals surface area contributed by atoms with Gasteiger partial charge >= 0.3 is 6.61 Å². The highest BCUT2D eigenvalue weighted by Crippen LogP contribution is 2.30. The number of amides is 1. The number of nitrogens with one attached hydrogen (secondary N) is 1. The number of hydrogen-bond acceptors (Lipinski definition) is 6. The Morgan fingerprint density at radius 1 is 1.29 bits per heavy atom. The van der Waals surface area contributed by atoms with Crippen LogP contribution < -0.4 is 15.0 Å². The van der Waals surface area contributed by atoms with Gasteiger partial charge in [0.1, 0.15) is 10.7 Å². The van der Waals surface area contributed by atoms with Crippen molar-refractivity contribution in [2.24, 2.45) is 0 Å². The van der Waals surface area contributed by atoms with Gasteiger partial charge in [-0.25, -0.2) is 4.98 Å². The normalized spacial score (nSPS) is 11.2. The topological polar surface area (TPSA) is 84.5 Å². The van der Waals surface area contributed by atoms with E-state index in [1.54, 1.807) is 13.1 Å². The van der Waals surface area contributed by atoms with Gasteiger partial charge in [-0.1, -0.05) is 6.07 Å².